The third-order valence-electron chi connectivity index (χ3n) is 3.29. The number of hydrogen-bond donors (Lipinski definition) is 2. The van der Waals surface area contributed by atoms with Crippen molar-refractivity contribution in [3.8, 4) is 11.5 Å². The van der Waals surface area contributed by atoms with Crippen LogP contribution in [0.1, 0.15) is 31.0 Å². The van der Waals surface area contributed by atoms with E-state index in [1.54, 1.807) is 0 Å². The van der Waals surface area contributed by atoms with Crippen LogP contribution >= 0.6 is 15.9 Å². The maximum Gasteiger partial charge on any atom is 0.128 e. The van der Waals surface area contributed by atoms with Crippen molar-refractivity contribution in [1.29, 1.82) is 0 Å². The van der Waals surface area contributed by atoms with Crippen LogP contribution in [0, 0.1) is 0 Å². The monoisotopic (exact) mass is 349 g/mol. The molecule has 0 saturated heterocycles. The minimum Gasteiger partial charge on any atom is -0.457 e. The highest BCUT2D eigenvalue weighted by atomic mass is 79.9. The zero-order chi connectivity index (χ0) is 15.2. The first-order valence-electron chi connectivity index (χ1n) is 7.04. The lowest BCUT2D eigenvalue weighted by Crippen LogP contribution is -2.17. The Kier molecular flexibility index (Phi) is 5.79. The highest BCUT2D eigenvalue weighted by Crippen LogP contribution is 2.30. The van der Waals surface area contributed by atoms with Gasteiger partial charge in [-0.2, -0.15) is 0 Å². The Labute approximate surface area is 134 Å². The molecule has 2 N–H and O–H groups in total. The Morgan fingerprint density at radius 3 is 2.38 bits per heavy atom. The molecular formula is C17H20BrNO2. The second-order valence-corrected chi connectivity index (χ2v) is 5.72. The number of nitrogens with one attached hydrogen (secondary N) is 1. The van der Waals surface area contributed by atoms with Crippen molar-refractivity contribution in [1.82, 2.24) is 5.32 Å². The summed E-state index contributed by atoms with van der Waals surface area (Å²) in [6.45, 7) is 5.21. The van der Waals surface area contributed by atoms with E-state index in [-0.39, 0.29) is 6.61 Å². The second kappa shape index (κ2) is 7.59. The number of benzene rings is 2. The van der Waals surface area contributed by atoms with E-state index in [4.69, 9.17) is 9.84 Å². The van der Waals surface area contributed by atoms with Gasteiger partial charge in [0.1, 0.15) is 11.5 Å². The van der Waals surface area contributed by atoms with Gasteiger partial charge in [-0.15, -0.1) is 0 Å². The minimum atomic E-state index is 0.0445. The lowest BCUT2D eigenvalue weighted by atomic mass is 10.1. The lowest BCUT2D eigenvalue weighted by Gasteiger charge is -2.15. The molecule has 0 spiro atoms. The van der Waals surface area contributed by atoms with Crippen molar-refractivity contribution in [2.45, 2.75) is 26.5 Å². The van der Waals surface area contributed by atoms with Crippen molar-refractivity contribution >= 4 is 15.9 Å². The first-order valence-corrected chi connectivity index (χ1v) is 7.83. The van der Waals surface area contributed by atoms with Crippen LogP contribution in [0.2, 0.25) is 0 Å². The Hall–Kier alpha value is -1.36. The molecule has 0 aliphatic carbocycles. The summed E-state index contributed by atoms with van der Waals surface area (Å²) in [6.07, 6.45) is 0. The normalized spacial score (nSPS) is 12.2. The minimum absolute atomic E-state index is 0.0445. The van der Waals surface area contributed by atoms with Gasteiger partial charge >= 0.3 is 0 Å². The number of halogens is 1. The molecule has 0 radical (unpaired) electrons. The van der Waals surface area contributed by atoms with Crippen molar-refractivity contribution in [3.05, 3.63) is 58.1 Å². The molecule has 2 rings (SSSR count). The molecule has 21 heavy (non-hydrogen) atoms. The van der Waals surface area contributed by atoms with E-state index in [1.165, 1.54) is 5.56 Å². The molecule has 1 unspecified atom stereocenters. The summed E-state index contributed by atoms with van der Waals surface area (Å²) < 4.78 is 6.85. The number of aliphatic hydroxyl groups excluding tert-OH is 1. The van der Waals surface area contributed by atoms with Crippen LogP contribution < -0.4 is 10.1 Å². The molecule has 3 nitrogen and oxygen atoms in total. The van der Waals surface area contributed by atoms with E-state index in [0.29, 0.717) is 6.04 Å². The molecule has 0 amide bonds. The predicted molar refractivity (Wildman–Crippen MR) is 88.7 cm³/mol. The summed E-state index contributed by atoms with van der Waals surface area (Å²) in [5.41, 5.74) is 2.08. The van der Waals surface area contributed by atoms with E-state index in [2.05, 4.69) is 41.2 Å². The van der Waals surface area contributed by atoms with Gasteiger partial charge in [0.25, 0.3) is 0 Å². The summed E-state index contributed by atoms with van der Waals surface area (Å²) in [6, 6.07) is 13.7. The van der Waals surface area contributed by atoms with Crippen molar-refractivity contribution < 1.29 is 9.84 Å². The summed E-state index contributed by atoms with van der Waals surface area (Å²) >= 11 is 3.60. The second-order valence-electron chi connectivity index (χ2n) is 4.87. The van der Waals surface area contributed by atoms with Gasteiger partial charge in [-0.25, -0.2) is 0 Å². The van der Waals surface area contributed by atoms with Crippen LogP contribution in [-0.4, -0.2) is 11.7 Å². The SMILES string of the molecule is CCNC(C)c1ccc(Oc2ccc(CO)cc2)cc1Br. The van der Waals surface area contributed by atoms with E-state index in [0.717, 1.165) is 28.1 Å². The maximum atomic E-state index is 9.03. The molecule has 0 bridgehead atoms. The Bertz CT molecular complexity index is 584. The van der Waals surface area contributed by atoms with Crippen LogP contribution in [-0.2, 0) is 6.61 Å². The maximum absolute atomic E-state index is 9.03. The smallest absolute Gasteiger partial charge is 0.128 e. The quantitative estimate of drug-likeness (QED) is 0.811. The molecule has 0 fully saturated rings. The van der Waals surface area contributed by atoms with Gasteiger partial charge in [-0.05, 0) is 48.9 Å². The molecule has 0 saturated carbocycles. The number of ether oxygens (including phenoxy) is 1. The number of hydrogen-bond acceptors (Lipinski definition) is 3. The fourth-order valence-electron chi connectivity index (χ4n) is 2.14. The number of rotatable bonds is 6. The summed E-state index contributed by atoms with van der Waals surface area (Å²) in [7, 11) is 0. The van der Waals surface area contributed by atoms with Crippen molar-refractivity contribution in [2.24, 2.45) is 0 Å². The van der Waals surface area contributed by atoms with E-state index in [9.17, 15) is 0 Å². The largest absolute Gasteiger partial charge is 0.457 e. The average Bonchev–Trinajstić information content (AvgIpc) is 2.48. The van der Waals surface area contributed by atoms with E-state index < -0.39 is 0 Å². The van der Waals surface area contributed by atoms with Gasteiger partial charge in [0, 0.05) is 10.5 Å². The Morgan fingerprint density at radius 1 is 1.14 bits per heavy atom. The fraction of sp³-hybridized carbons (Fsp3) is 0.294. The van der Waals surface area contributed by atoms with Crippen molar-refractivity contribution in [3.63, 3.8) is 0 Å². The Balaban J connectivity index is 2.12. The zero-order valence-electron chi connectivity index (χ0n) is 12.3. The third kappa shape index (κ3) is 4.30. The standard InChI is InChI=1S/C17H20BrNO2/c1-3-19-12(2)16-9-8-15(10-17(16)18)21-14-6-4-13(11-20)5-7-14/h4-10,12,19-20H,3,11H2,1-2H3. The molecule has 0 heterocycles. The average molecular weight is 350 g/mol. The molecular weight excluding hydrogens is 330 g/mol. The van der Waals surface area contributed by atoms with Gasteiger partial charge < -0.3 is 15.2 Å². The summed E-state index contributed by atoms with van der Waals surface area (Å²) in [5.74, 6) is 1.54. The highest BCUT2D eigenvalue weighted by molar-refractivity contribution is 9.10. The highest BCUT2D eigenvalue weighted by Gasteiger charge is 2.09. The molecule has 2 aromatic carbocycles. The Morgan fingerprint density at radius 2 is 1.81 bits per heavy atom. The number of aliphatic hydroxyl groups is 1. The third-order valence-corrected chi connectivity index (χ3v) is 3.98. The predicted octanol–water partition coefficient (Wildman–Crippen LogP) is 4.40. The molecule has 2 aromatic rings. The van der Waals surface area contributed by atoms with Gasteiger partial charge in [0.2, 0.25) is 0 Å². The molecule has 0 aromatic heterocycles. The van der Waals surface area contributed by atoms with Crippen LogP contribution in [0.3, 0.4) is 0 Å². The topological polar surface area (TPSA) is 41.5 Å². The first-order chi connectivity index (χ1) is 10.1. The molecule has 4 heteroatoms. The van der Waals surface area contributed by atoms with E-state index >= 15 is 0 Å². The summed E-state index contributed by atoms with van der Waals surface area (Å²) in [4.78, 5) is 0. The van der Waals surface area contributed by atoms with Gasteiger partial charge in [0.05, 0.1) is 6.61 Å². The van der Waals surface area contributed by atoms with Gasteiger partial charge in [-0.3, -0.25) is 0 Å². The van der Waals surface area contributed by atoms with Crippen LogP contribution in [0.15, 0.2) is 46.9 Å². The van der Waals surface area contributed by atoms with Crippen LogP contribution in [0.25, 0.3) is 0 Å². The fourth-order valence-corrected chi connectivity index (χ4v) is 2.84. The van der Waals surface area contributed by atoms with E-state index in [1.807, 2.05) is 36.4 Å². The summed E-state index contributed by atoms with van der Waals surface area (Å²) in [5, 5.41) is 12.4. The van der Waals surface area contributed by atoms with Crippen LogP contribution in [0.5, 0.6) is 11.5 Å². The molecule has 0 aliphatic heterocycles. The van der Waals surface area contributed by atoms with Crippen molar-refractivity contribution in [2.75, 3.05) is 6.54 Å². The van der Waals surface area contributed by atoms with Gasteiger partial charge in [0.15, 0.2) is 0 Å². The zero-order valence-corrected chi connectivity index (χ0v) is 13.9. The lowest BCUT2D eigenvalue weighted by molar-refractivity contribution is 0.281. The first kappa shape index (κ1) is 16.0. The molecule has 112 valence electrons. The van der Waals surface area contributed by atoms with Crippen LogP contribution in [0.4, 0.5) is 0 Å². The van der Waals surface area contributed by atoms with Gasteiger partial charge in [-0.1, -0.05) is 41.1 Å². The molecule has 1 atom stereocenters. The molecule has 0 aliphatic rings.